The van der Waals surface area contributed by atoms with Crippen molar-refractivity contribution in [3.05, 3.63) is 23.7 Å². The fourth-order valence-electron chi connectivity index (χ4n) is 0.764. The van der Waals surface area contributed by atoms with E-state index in [1.807, 2.05) is 26.8 Å². The number of hydrogen-bond donors (Lipinski definition) is 1. The molecule has 2 nitrogen and oxygen atoms in total. The topological polar surface area (TPSA) is 33.4 Å². The third-order valence-corrected chi connectivity index (χ3v) is 1.44. The van der Waals surface area contributed by atoms with Gasteiger partial charge in [-0.05, 0) is 26.8 Å². The SMILES string of the molecule is CC.Cc1cc(C(C)(C)O)co1. The minimum absolute atomic E-state index is 0.780. The summed E-state index contributed by atoms with van der Waals surface area (Å²) in [5, 5.41) is 9.44. The summed E-state index contributed by atoms with van der Waals surface area (Å²) in [6, 6.07) is 1.83. The smallest absolute Gasteiger partial charge is 0.101 e. The van der Waals surface area contributed by atoms with Crippen molar-refractivity contribution in [3.63, 3.8) is 0 Å². The summed E-state index contributed by atoms with van der Waals surface area (Å²) in [6.07, 6.45) is 1.58. The molecular weight excluding hydrogens is 152 g/mol. The van der Waals surface area contributed by atoms with Crippen LogP contribution in [-0.4, -0.2) is 5.11 Å². The van der Waals surface area contributed by atoms with E-state index in [2.05, 4.69) is 0 Å². The van der Waals surface area contributed by atoms with E-state index >= 15 is 0 Å². The summed E-state index contributed by atoms with van der Waals surface area (Å²) in [5.74, 6) is 0.831. The fourth-order valence-corrected chi connectivity index (χ4v) is 0.764. The molecule has 12 heavy (non-hydrogen) atoms. The van der Waals surface area contributed by atoms with Gasteiger partial charge in [-0.1, -0.05) is 13.8 Å². The monoisotopic (exact) mass is 170 g/mol. The Morgan fingerprint density at radius 1 is 1.33 bits per heavy atom. The number of rotatable bonds is 1. The number of hydrogen-bond acceptors (Lipinski definition) is 2. The maximum atomic E-state index is 9.44. The fraction of sp³-hybridized carbons (Fsp3) is 0.600. The van der Waals surface area contributed by atoms with Crippen LogP contribution in [-0.2, 0) is 5.60 Å². The summed E-state index contributed by atoms with van der Waals surface area (Å²) < 4.78 is 5.03. The molecule has 0 saturated heterocycles. The number of aliphatic hydroxyl groups is 1. The average molecular weight is 170 g/mol. The molecular formula is C10H18O2. The minimum atomic E-state index is -0.780. The van der Waals surface area contributed by atoms with Crippen LogP contribution in [0.25, 0.3) is 0 Å². The molecule has 2 heteroatoms. The largest absolute Gasteiger partial charge is 0.469 e. The van der Waals surface area contributed by atoms with E-state index in [1.54, 1.807) is 20.1 Å². The normalized spacial score (nSPS) is 10.5. The molecule has 0 amide bonds. The molecule has 70 valence electrons. The second-order valence-corrected chi connectivity index (χ2v) is 3.01. The molecule has 0 aliphatic rings. The Morgan fingerprint density at radius 2 is 1.83 bits per heavy atom. The van der Waals surface area contributed by atoms with Gasteiger partial charge in [-0.2, -0.15) is 0 Å². The standard InChI is InChI=1S/C8H12O2.C2H6/c1-6-4-7(5-10-6)8(2,3)9;1-2/h4-5,9H,1-3H3;1-2H3. The molecule has 1 rings (SSSR count). The second-order valence-electron chi connectivity index (χ2n) is 3.01. The van der Waals surface area contributed by atoms with Gasteiger partial charge in [0.25, 0.3) is 0 Å². The second kappa shape index (κ2) is 4.31. The van der Waals surface area contributed by atoms with E-state index in [0.29, 0.717) is 0 Å². The van der Waals surface area contributed by atoms with Crippen LogP contribution in [0.15, 0.2) is 16.7 Å². The van der Waals surface area contributed by atoms with E-state index in [9.17, 15) is 5.11 Å². The zero-order chi connectivity index (χ0) is 9.78. The van der Waals surface area contributed by atoms with Crippen LogP contribution in [0.3, 0.4) is 0 Å². The van der Waals surface area contributed by atoms with Crippen molar-refractivity contribution in [2.24, 2.45) is 0 Å². The van der Waals surface area contributed by atoms with Crippen LogP contribution in [0.4, 0.5) is 0 Å². The van der Waals surface area contributed by atoms with Gasteiger partial charge in [0.2, 0.25) is 0 Å². The van der Waals surface area contributed by atoms with Gasteiger partial charge in [0.05, 0.1) is 11.9 Å². The first-order valence-corrected chi connectivity index (χ1v) is 4.28. The Kier molecular flexibility index (Phi) is 4.04. The van der Waals surface area contributed by atoms with Crippen LogP contribution < -0.4 is 0 Å². The molecule has 0 aliphatic carbocycles. The highest BCUT2D eigenvalue weighted by molar-refractivity contribution is 5.17. The molecule has 0 atom stereocenters. The lowest BCUT2D eigenvalue weighted by Gasteiger charge is -2.13. The van der Waals surface area contributed by atoms with E-state index in [-0.39, 0.29) is 0 Å². The van der Waals surface area contributed by atoms with E-state index in [0.717, 1.165) is 11.3 Å². The molecule has 0 spiro atoms. The Morgan fingerprint density at radius 3 is 2.00 bits per heavy atom. The lowest BCUT2D eigenvalue weighted by Crippen LogP contribution is -2.13. The van der Waals surface area contributed by atoms with Crippen LogP contribution >= 0.6 is 0 Å². The summed E-state index contributed by atoms with van der Waals surface area (Å²) >= 11 is 0. The van der Waals surface area contributed by atoms with Gasteiger partial charge in [-0.25, -0.2) is 0 Å². The number of furan rings is 1. The third kappa shape index (κ3) is 3.09. The van der Waals surface area contributed by atoms with E-state index in [1.165, 1.54) is 0 Å². The first-order valence-electron chi connectivity index (χ1n) is 4.28. The molecule has 0 saturated carbocycles. The minimum Gasteiger partial charge on any atom is -0.469 e. The van der Waals surface area contributed by atoms with Crippen molar-refractivity contribution in [1.82, 2.24) is 0 Å². The summed E-state index contributed by atoms with van der Waals surface area (Å²) in [4.78, 5) is 0. The van der Waals surface area contributed by atoms with Gasteiger partial charge in [0.1, 0.15) is 5.76 Å². The molecule has 1 aromatic rings. The molecule has 0 unspecified atom stereocenters. The van der Waals surface area contributed by atoms with Gasteiger partial charge < -0.3 is 9.52 Å². The Labute approximate surface area is 74.2 Å². The first kappa shape index (κ1) is 11.2. The lowest BCUT2D eigenvalue weighted by atomic mass is 10.0. The third-order valence-electron chi connectivity index (χ3n) is 1.44. The van der Waals surface area contributed by atoms with E-state index in [4.69, 9.17) is 4.42 Å². The highest BCUT2D eigenvalue weighted by Gasteiger charge is 2.17. The predicted octanol–water partition coefficient (Wildman–Crippen LogP) is 2.84. The van der Waals surface area contributed by atoms with Crippen LogP contribution in [0.2, 0.25) is 0 Å². The summed E-state index contributed by atoms with van der Waals surface area (Å²) in [7, 11) is 0. The molecule has 1 N–H and O–H groups in total. The Bertz CT molecular complexity index is 218. The first-order chi connectivity index (χ1) is 5.50. The van der Waals surface area contributed by atoms with Crippen LogP contribution in [0.1, 0.15) is 39.0 Å². The maximum Gasteiger partial charge on any atom is 0.101 e. The highest BCUT2D eigenvalue weighted by Crippen LogP contribution is 2.21. The number of aryl methyl sites for hydroxylation is 1. The van der Waals surface area contributed by atoms with Crippen molar-refractivity contribution >= 4 is 0 Å². The van der Waals surface area contributed by atoms with Crippen LogP contribution in [0, 0.1) is 6.92 Å². The lowest BCUT2D eigenvalue weighted by molar-refractivity contribution is 0.0779. The van der Waals surface area contributed by atoms with E-state index < -0.39 is 5.60 Å². The van der Waals surface area contributed by atoms with Crippen LogP contribution in [0.5, 0.6) is 0 Å². The van der Waals surface area contributed by atoms with Gasteiger partial charge in [0, 0.05) is 5.56 Å². The molecule has 0 radical (unpaired) electrons. The van der Waals surface area contributed by atoms with Crippen molar-refractivity contribution in [1.29, 1.82) is 0 Å². The molecule has 0 aromatic carbocycles. The van der Waals surface area contributed by atoms with Gasteiger partial charge in [-0.3, -0.25) is 0 Å². The highest BCUT2D eigenvalue weighted by atomic mass is 16.3. The summed E-state index contributed by atoms with van der Waals surface area (Å²) in [6.45, 7) is 9.32. The van der Waals surface area contributed by atoms with Gasteiger partial charge in [0.15, 0.2) is 0 Å². The zero-order valence-corrected chi connectivity index (χ0v) is 8.51. The Balaban J connectivity index is 0.000000561. The molecule has 1 aromatic heterocycles. The molecule has 0 fully saturated rings. The molecule has 1 heterocycles. The zero-order valence-electron chi connectivity index (χ0n) is 8.51. The van der Waals surface area contributed by atoms with Crippen molar-refractivity contribution in [2.45, 2.75) is 40.2 Å². The van der Waals surface area contributed by atoms with Gasteiger partial charge in [-0.15, -0.1) is 0 Å². The van der Waals surface area contributed by atoms with Crippen molar-refractivity contribution < 1.29 is 9.52 Å². The van der Waals surface area contributed by atoms with Crippen molar-refractivity contribution in [2.75, 3.05) is 0 Å². The van der Waals surface area contributed by atoms with Gasteiger partial charge >= 0.3 is 0 Å². The summed E-state index contributed by atoms with van der Waals surface area (Å²) in [5.41, 5.74) is 0.0441. The van der Waals surface area contributed by atoms with Crippen molar-refractivity contribution in [3.8, 4) is 0 Å². The predicted molar refractivity (Wildman–Crippen MR) is 50.0 cm³/mol. The average Bonchev–Trinajstić information content (AvgIpc) is 2.39. The maximum absolute atomic E-state index is 9.44. The molecule has 0 bridgehead atoms. The Hall–Kier alpha value is -0.760. The molecule has 0 aliphatic heterocycles. The quantitative estimate of drug-likeness (QED) is 0.703.